The second-order valence-corrected chi connectivity index (χ2v) is 5.09. The molecule has 0 spiro atoms. The molecule has 2 amide bonds. The predicted octanol–water partition coefficient (Wildman–Crippen LogP) is 3.68. The first-order valence-corrected chi connectivity index (χ1v) is 7.22. The van der Waals surface area contributed by atoms with Crippen molar-refractivity contribution in [2.24, 2.45) is 0 Å². The van der Waals surface area contributed by atoms with Crippen LogP contribution in [-0.2, 0) is 15.8 Å². The van der Waals surface area contributed by atoms with Crippen molar-refractivity contribution >= 4 is 23.2 Å². The van der Waals surface area contributed by atoms with Gasteiger partial charge in [0.1, 0.15) is 5.75 Å². The monoisotopic (exact) mass is 352 g/mol. The fraction of sp³-hybridized carbons (Fsp3) is 0.176. The van der Waals surface area contributed by atoms with Crippen LogP contribution in [0.1, 0.15) is 12.5 Å². The van der Waals surface area contributed by atoms with Crippen LogP contribution in [0.2, 0.25) is 0 Å². The zero-order valence-electron chi connectivity index (χ0n) is 13.2. The Hall–Kier alpha value is -3.03. The van der Waals surface area contributed by atoms with Crippen molar-refractivity contribution < 1.29 is 27.5 Å². The second kappa shape index (κ2) is 7.69. The van der Waals surface area contributed by atoms with Crippen molar-refractivity contribution in [1.29, 1.82) is 0 Å². The van der Waals surface area contributed by atoms with Crippen molar-refractivity contribution in [3.63, 3.8) is 0 Å². The molecule has 0 fully saturated rings. The second-order valence-electron chi connectivity index (χ2n) is 5.09. The maximum atomic E-state index is 13.2. The van der Waals surface area contributed by atoms with Gasteiger partial charge >= 0.3 is 6.18 Å². The Balaban J connectivity index is 2.11. The third-order valence-corrected chi connectivity index (χ3v) is 3.03. The third-order valence-electron chi connectivity index (χ3n) is 3.03. The summed E-state index contributed by atoms with van der Waals surface area (Å²) in [5.74, 6) is -0.808. The summed E-state index contributed by atoms with van der Waals surface area (Å²) in [6.07, 6.45) is -4.70. The first-order chi connectivity index (χ1) is 11.8. The van der Waals surface area contributed by atoms with Crippen LogP contribution in [0.15, 0.2) is 48.5 Å². The number of amides is 2. The molecule has 2 aromatic carbocycles. The van der Waals surface area contributed by atoms with Gasteiger partial charge in [-0.05, 0) is 30.3 Å². The highest BCUT2D eigenvalue weighted by atomic mass is 19.4. The molecule has 0 radical (unpaired) electrons. The van der Waals surface area contributed by atoms with Gasteiger partial charge in [0.2, 0.25) is 5.91 Å². The topological polar surface area (TPSA) is 67.4 Å². The van der Waals surface area contributed by atoms with Gasteiger partial charge in [0.25, 0.3) is 5.91 Å². The first-order valence-electron chi connectivity index (χ1n) is 7.22. The number of nitrogens with one attached hydrogen (secondary N) is 2. The minimum atomic E-state index is -4.70. The van der Waals surface area contributed by atoms with Crippen LogP contribution in [0.5, 0.6) is 5.75 Å². The zero-order chi connectivity index (χ0) is 18.4. The molecule has 0 aliphatic carbocycles. The van der Waals surface area contributed by atoms with Crippen LogP contribution >= 0.6 is 0 Å². The molecule has 25 heavy (non-hydrogen) atoms. The number of hydrogen-bond donors (Lipinski definition) is 2. The number of ether oxygens (including phenoxy) is 1. The van der Waals surface area contributed by atoms with Crippen LogP contribution in [0, 0.1) is 0 Å². The van der Waals surface area contributed by atoms with E-state index >= 15 is 0 Å². The molecular formula is C17H15F3N2O3. The Labute approximate surface area is 141 Å². The zero-order valence-corrected chi connectivity index (χ0v) is 13.2. The molecule has 0 aliphatic heterocycles. The van der Waals surface area contributed by atoms with Crippen molar-refractivity contribution in [2.45, 2.75) is 13.1 Å². The lowest BCUT2D eigenvalue weighted by atomic mass is 10.1. The van der Waals surface area contributed by atoms with E-state index in [1.54, 1.807) is 30.3 Å². The van der Waals surface area contributed by atoms with Gasteiger partial charge in [-0.25, -0.2) is 0 Å². The van der Waals surface area contributed by atoms with Crippen LogP contribution in [0.4, 0.5) is 24.5 Å². The summed E-state index contributed by atoms with van der Waals surface area (Å²) in [5, 5.41) is 4.44. The molecule has 0 saturated heterocycles. The van der Waals surface area contributed by atoms with E-state index in [4.69, 9.17) is 4.74 Å². The Morgan fingerprint density at radius 1 is 1.04 bits per heavy atom. The first kappa shape index (κ1) is 18.3. The highest BCUT2D eigenvalue weighted by Gasteiger charge is 2.34. The van der Waals surface area contributed by atoms with Crippen LogP contribution < -0.4 is 15.4 Å². The standard InChI is InChI=1S/C17H15F3N2O3/c1-11(23)21-12-7-8-15(14(9-12)17(18,19)20)22-16(24)10-25-13-5-3-2-4-6-13/h2-9H,10H2,1H3,(H,21,23)(H,22,24). The number of benzene rings is 2. The summed E-state index contributed by atoms with van der Waals surface area (Å²) < 4.78 is 44.7. The number of halogens is 3. The number of alkyl halides is 3. The van der Waals surface area contributed by atoms with Crippen molar-refractivity contribution in [1.82, 2.24) is 0 Å². The van der Waals surface area contributed by atoms with Gasteiger partial charge in [-0.1, -0.05) is 18.2 Å². The molecule has 132 valence electrons. The Morgan fingerprint density at radius 3 is 2.32 bits per heavy atom. The van der Waals surface area contributed by atoms with Crippen LogP contribution in [0.3, 0.4) is 0 Å². The Kier molecular flexibility index (Phi) is 5.63. The number of anilines is 2. The van der Waals surface area contributed by atoms with E-state index < -0.39 is 35.8 Å². The van der Waals surface area contributed by atoms with Crippen molar-refractivity contribution in [3.05, 3.63) is 54.1 Å². The lowest BCUT2D eigenvalue weighted by Crippen LogP contribution is -2.22. The number of rotatable bonds is 5. The molecule has 0 saturated carbocycles. The largest absolute Gasteiger partial charge is 0.484 e. The van der Waals surface area contributed by atoms with E-state index in [1.165, 1.54) is 13.0 Å². The van der Waals surface area contributed by atoms with Crippen molar-refractivity contribution in [3.8, 4) is 5.75 Å². The average Bonchev–Trinajstić information content (AvgIpc) is 2.54. The molecule has 0 bridgehead atoms. The van der Waals surface area contributed by atoms with E-state index in [0.717, 1.165) is 12.1 Å². The van der Waals surface area contributed by atoms with E-state index in [-0.39, 0.29) is 5.69 Å². The van der Waals surface area contributed by atoms with E-state index in [2.05, 4.69) is 10.6 Å². The summed E-state index contributed by atoms with van der Waals surface area (Å²) in [4.78, 5) is 22.8. The molecule has 0 aliphatic rings. The third kappa shape index (κ3) is 5.52. The van der Waals surface area contributed by atoms with Gasteiger partial charge in [0.15, 0.2) is 6.61 Å². The number of para-hydroxylation sites is 1. The molecule has 8 heteroatoms. The molecule has 0 unspecified atom stereocenters. The summed E-state index contributed by atoms with van der Waals surface area (Å²) in [7, 11) is 0. The van der Waals surface area contributed by atoms with E-state index in [9.17, 15) is 22.8 Å². The lowest BCUT2D eigenvalue weighted by Gasteiger charge is -2.15. The highest BCUT2D eigenvalue weighted by molar-refractivity contribution is 5.94. The molecule has 2 aromatic rings. The molecular weight excluding hydrogens is 337 g/mol. The number of hydrogen-bond acceptors (Lipinski definition) is 3. The van der Waals surface area contributed by atoms with Gasteiger partial charge in [0.05, 0.1) is 11.3 Å². The summed E-state index contributed by atoms with van der Waals surface area (Å²) >= 11 is 0. The normalized spacial score (nSPS) is 10.9. The molecule has 2 rings (SSSR count). The summed E-state index contributed by atoms with van der Waals surface area (Å²) in [5.41, 5.74) is -1.49. The smallest absolute Gasteiger partial charge is 0.418 e. The van der Waals surface area contributed by atoms with Gasteiger partial charge in [-0.2, -0.15) is 13.2 Å². The Morgan fingerprint density at radius 2 is 1.72 bits per heavy atom. The predicted molar refractivity (Wildman–Crippen MR) is 86.3 cm³/mol. The quantitative estimate of drug-likeness (QED) is 0.863. The maximum Gasteiger partial charge on any atom is 0.418 e. The SMILES string of the molecule is CC(=O)Nc1ccc(NC(=O)COc2ccccc2)c(C(F)(F)F)c1. The summed E-state index contributed by atoms with van der Waals surface area (Å²) in [6.45, 7) is 0.749. The van der Waals surface area contributed by atoms with E-state index in [1.807, 2.05) is 0 Å². The van der Waals surface area contributed by atoms with Crippen LogP contribution in [0.25, 0.3) is 0 Å². The minimum absolute atomic E-state index is 0.0154. The number of carbonyl (C=O) groups excluding carboxylic acids is 2. The van der Waals surface area contributed by atoms with Crippen LogP contribution in [-0.4, -0.2) is 18.4 Å². The van der Waals surface area contributed by atoms with Gasteiger partial charge in [0, 0.05) is 12.6 Å². The fourth-order valence-corrected chi connectivity index (χ4v) is 2.02. The minimum Gasteiger partial charge on any atom is -0.484 e. The molecule has 0 heterocycles. The van der Waals surface area contributed by atoms with Gasteiger partial charge in [-0.3, -0.25) is 9.59 Å². The molecule has 5 nitrogen and oxygen atoms in total. The maximum absolute atomic E-state index is 13.2. The molecule has 0 aromatic heterocycles. The summed E-state index contributed by atoms with van der Waals surface area (Å²) in [6, 6.07) is 11.5. The average molecular weight is 352 g/mol. The Bertz CT molecular complexity index is 761. The van der Waals surface area contributed by atoms with Gasteiger partial charge < -0.3 is 15.4 Å². The van der Waals surface area contributed by atoms with Crippen molar-refractivity contribution in [2.75, 3.05) is 17.2 Å². The van der Waals surface area contributed by atoms with Gasteiger partial charge in [-0.15, -0.1) is 0 Å². The molecule has 2 N–H and O–H groups in total. The molecule has 0 atom stereocenters. The fourth-order valence-electron chi connectivity index (χ4n) is 2.02. The van der Waals surface area contributed by atoms with E-state index in [0.29, 0.717) is 5.75 Å². The highest BCUT2D eigenvalue weighted by Crippen LogP contribution is 2.36. The lowest BCUT2D eigenvalue weighted by molar-refractivity contribution is -0.137. The number of carbonyl (C=O) groups is 2.